The largest absolute Gasteiger partial charge is 0.459 e. The summed E-state index contributed by atoms with van der Waals surface area (Å²) in [6, 6.07) is 23.5. The summed E-state index contributed by atoms with van der Waals surface area (Å²) in [6.07, 6.45) is 1.44. The zero-order valence-corrected chi connectivity index (χ0v) is 15.2. The monoisotopic (exact) mass is 377 g/mol. The molecule has 0 saturated heterocycles. The molecule has 0 fully saturated rings. The van der Waals surface area contributed by atoms with Gasteiger partial charge in [-0.05, 0) is 42.0 Å². The van der Waals surface area contributed by atoms with Gasteiger partial charge in [0, 0.05) is 9.75 Å². The van der Waals surface area contributed by atoms with Crippen LogP contribution in [-0.4, -0.2) is 5.91 Å². The summed E-state index contributed by atoms with van der Waals surface area (Å²) in [5, 5.41) is 0. The average molecular weight is 377 g/mol. The summed E-state index contributed by atoms with van der Waals surface area (Å²) in [5.74, 6) is -0.643. The van der Waals surface area contributed by atoms with Crippen molar-refractivity contribution in [3.8, 4) is 10.4 Å². The van der Waals surface area contributed by atoms with Gasteiger partial charge in [-0.25, -0.2) is 4.39 Å². The third kappa shape index (κ3) is 3.68. The summed E-state index contributed by atoms with van der Waals surface area (Å²) >= 11 is 1.58. The van der Waals surface area contributed by atoms with Crippen LogP contribution in [0.4, 0.5) is 10.1 Å². The Balaban J connectivity index is 1.67. The molecule has 1 amide bonds. The number of thiophene rings is 1. The number of rotatable bonds is 5. The third-order valence-electron chi connectivity index (χ3n) is 4.15. The van der Waals surface area contributed by atoms with Gasteiger partial charge in [-0.3, -0.25) is 9.69 Å². The lowest BCUT2D eigenvalue weighted by molar-refractivity contribution is 0.0958. The first kappa shape index (κ1) is 17.2. The van der Waals surface area contributed by atoms with E-state index >= 15 is 0 Å². The Kier molecular flexibility index (Phi) is 4.85. The Morgan fingerprint density at radius 3 is 2.44 bits per heavy atom. The zero-order valence-electron chi connectivity index (χ0n) is 14.3. The van der Waals surface area contributed by atoms with Gasteiger partial charge in [0.2, 0.25) is 0 Å². The Hall–Kier alpha value is -3.18. The summed E-state index contributed by atoms with van der Waals surface area (Å²) in [4.78, 5) is 16.4. The van der Waals surface area contributed by atoms with Crippen molar-refractivity contribution in [2.45, 2.75) is 6.54 Å². The van der Waals surface area contributed by atoms with Crippen molar-refractivity contribution in [1.29, 1.82) is 0 Å². The lowest BCUT2D eigenvalue weighted by Gasteiger charge is -2.21. The number of nitrogens with zero attached hydrogens (tertiary/aromatic N) is 1. The number of hydrogen-bond donors (Lipinski definition) is 0. The van der Waals surface area contributed by atoms with Crippen LogP contribution in [-0.2, 0) is 6.54 Å². The predicted octanol–water partition coefficient (Wildman–Crippen LogP) is 5.99. The van der Waals surface area contributed by atoms with Crippen LogP contribution in [0.5, 0.6) is 0 Å². The van der Waals surface area contributed by atoms with E-state index in [9.17, 15) is 9.18 Å². The second-order valence-corrected chi connectivity index (χ2v) is 7.12. The first-order chi connectivity index (χ1) is 13.2. The molecule has 0 radical (unpaired) electrons. The molecule has 0 aliphatic heterocycles. The Morgan fingerprint density at radius 2 is 1.70 bits per heavy atom. The molecule has 0 aliphatic rings. The maximum absolute atomic E-state index is 14.4. The van der Waals surface area contributed by atoms with Crippen LogP contribution in [0.15, 0.2) is 89.5 Å². The highest BCUT2D eigenvalue weighted by atomic mass is 32.1. The zero-order chi connectivity index (χ0) is 18.6. The molecule has 134 valence electrons. The van der Waals surface area contributed by atoms with Crippen LogP contribution in [0, 0.1) is 5.82 Å². The highest BCUT2D eigenvalue weighted by molar-refractivity contribution is 7.15. The van der Waals surface area contributed by atoms with Crippen molar-refractivity contribution < 1.29 is 13.6 Å². The number of halogens is 1. The number of amides is 1. The SMILES string of the molecule is O=C(c1ccco1)N(Cc1ccc(-c2ccccc2)s1)c1ccccc1F. The first-order valence-electron chi connectivity index (χ1n) is 8.46. The Bertz CT molecular complexity index is 1040. The summed E-state index contributed by atoms with van der Waals surface area (Å²) in [7, 11) is 0. The molecule has 4 aromatic rings. The molecular weight excluding hydrogens is 361 g/mol. The van der Waals surface area contributed by atoms with Crippen LogP contribution in [0.25, 0.3) is 10.4 Å². The fourth-order valence-corrected chi connectivity index (χ4v) is 3.85. The predicted molar refractivity (Wildman–Crippen MR) is 105 cm³/mol. The van der Waals surface area contributed by atoms with Gasteiger partial charge in [-0.2, -0.15) is 0 Å². The minimum atomic E-state index is -0.447. The van der Waals surface area contributed by atoms with Gasteiger partial charge in [0.1, 0.15) is 5.82 Å². The number of hydrogen-bond acceptors (Lipinski definition) is 3. The molecule has 0 atom stereocenters. The molecule has 2 aromatic heterocycles. The first-order valence-corrected chi connectivity index (χ1v) is 9.28. The maximum Gasteiger partial charge on any atom is 0.294 e. The highest BCUT2D eigenvalue weighted by Gasteiger charge is 2.23. The van der Waals surface area contributed by atoms with Gasteiger partial charge in [0.25, 0.3) is 5.91 Å². The molecule has 27 heavy (non-hydrogen) atoms. The molecular formula is C22H16FNO2S. The number of furan rings is 1. The van der Waals surface area contributed by atoms with E-state index in [0.29, 0.717) is 0 Å². The number of carbonyl (C=O) groups is 1. The van der Waals surface area contributed by atoms with Gasteiger partial charge < -0.3 is 4.42 Å². The van der Waals surface area contributed by atoms with E-state index < -0.39 is 5.82 Å². The summed E-state index contributed by atoms with van der Waals surface area (Å²) in [6.45, 7) is 0.262. The number of para-hydroxylation sites is 1. The molecule has 0 spiro atoms. The van der Waals surface area contributed by atoms with Crippen LogP contribution in [0.1, 0.15) is 15.4 Å². The minimum Gasteiger partial charge on any atom is -0.459 e. The van der Waals surface area contributed by atoms with Crippen molar-refractivity contribution in [1.82, 2.24) is 0 Å². The van der Waals surface area contributed by atoms with Crippen molar-refractivity contribution >= 4 is 22.9 Å². The Labute approximate surface area is 160 Å². The number of anilines is 1. The fraction of sp³-hybridized carbons (Fsp3) is 0.0455. The third-order valence-corrected chi connectivity index (χ3v) is 5.27. The molecule has 4 rings (SSSR count). The van der Waals surface area contributed by atoms with Crippen LogP contribution in [0.2, 0.25) is 0 Å². The van der Waals surface area contributed by atoms with Crippen LogP contribution in [0.3, 0.4) is 0 Å². The molecule has 0 unspecified atom stereocenters. The maximum atomic E-state index is 14.4. The highest BCUT2D eigenvalue weighted by Crippen LogP contribution is 2.31. The van der Waals surface area contributed by atoms with E-state index in [1.54, 1.807) is 41.7 Å². The molecule has 0 bridgehead atoms. The van der Waals surface area contributed by atoms with Gasteiger partial charge in [-0.1, -0.05) is 42.5 Å². The molecule has 0 saturated carbocycles. The van der Waals surface area contributed by atoms with Gasteiger partial charge in [-0.15, -0.1) is 11.3 Å². The van der Waals surface area contributed by atoms with E-state index in [1.165, 1.54) is 17.2 Å². The van der Waals surface area contributed by atoms with Crippen molar-refractivity contribution in [3.63, 3.8) is 0 Å². The van der Waals surface area contributed by atoms with Crippen LogP contribution >= 0.6 is 11.3 Å². The lowest BCUT2D eigenvalue weighted by atomic mass is 10.2. The van der Waals surface area contributed by atoms with E-state index in [4.69, 9.17) is 4.42 Å². The Morgan fingerprint density at radius 1 is 0.926 bits per heavy atom. The second kappa shape index (κ2) is 7.60. The molecule has 5 heteroatoms. The minimum absolute atomic E-state index is 0.179. The molecule has 2 aromatic carbocycles. The fourth-order valence-electron chi connectivity index (χ4n) is 2.85. The molecule has 0 N–H and O–H groups in total. The van der Waals surface area contributed by atoms with Crippen molar-refractivity contribution in [3.05, 3.63) is 102 Å². The van der Waals surface area contributed by atoms with Gasteiger partial charge in [0.05, 0.1) is 18.5 Å². The lowest BCUT2D eigenvalue weighted by Crippen LogP contribution is -2.30. The molecule has 3 nitrogen and oxygen atoms in total. The van der Waals surface area contributed by atoms with E-state index in [1.807, 2.05) is 42.5 Å². The normalized spacial score (nSPS) is 10.7. The number of benzene rings is 2. The number of carbonyl (C=O) groups excluding carboxylic acids is 1. The quantitative estimate of drug-likeness (QED) is 0.428. The topological polar surface area (TPSA) is 33.5 Å². The van der Waals surface area contributed by atoms with Crippen molar-refractivity contribution in [2.75, 3.05) is 4.90 Å². The van der Waals surface area contributed by atoms with E-state index in [-0.39, 0.29) is 23.9 Å². The molecule has 2 heterocycles. The molecule has 0 aliphatic carbocycles. The smallest absolute Gasteiger partial charge is 0.294 e. The van der Waals surface area contributed by atoms with Gasteiger partial charge in [0.15, 0.2) is 5.76 Å². The van der Waals surface area contributed by atoms with Crippen molar-refractivity contribution in [2.24, 2.45) is 0 Å². The average Bonchev–Trinajstić information content (AvgIpc) is 3.39. The second-order valence-electron chi connectivity index (χ2n) is 5.95. The van der Waals surface area contributed by atoms with E-state index in [0.717, 1.165) is 15.3 Å². The summed E-state index contributed by atoms with van der Waals surface area (Å²) in [5.41, 5.74) is 1.34. The standard InChI is InChI=1S/C22H16FNO2S/c23-18-9-4-5-10-19(18)24(22(25)20-11-6-14-26-20)15-17-12-13-21(27-17)16-7-2-1-3-8-16/h1-14H,15H2. The summed E-state index contributed by atoms with van der Waals surface area (Å²) < 4.78 is 19.6. The van der Waals surface area contributed by atoms with E-state index in [2.05, 4.69) is 0 Å². The van der Waals surface area contributed by atoms with Gasteiger partial charge >= 0.3 is 0 Å². The van der Waals surface area contributed by atoms with Crippen LogP contribution < -0.4 is 4.90 Å².